The molecule has 0 radical (unpaired) electrons. The van der Waals surface area contributed by atoms with Gasteiger partial charge in [0.2, 0.25) is 0 Å². The second-order valence-electron chi connectivity index (χ2n) is 4.22. The van der Waals surface area contributed by atoms with Crippen molar-refractivity contribution in [3.05, 3.63) is 59.4 Å². The Bertz CT molecular complexity index is 651. The van der Waals surface area contributed by atoms with Crippen molar-refractivity contribution in [1.82, 2.24) is 0 Å². The van der Waals surface area contributed by atoms with Crippen LogP contribution in [0.3, 0.4) is 0 Å². The molecular formula is C15H9F4N. The summed E-state index contributed by atoms with van der Waals surface area (Å²) in [5.74, 6) is -0.536. The highest BCUT2D eigenvalue weighted by Gasteiger charge is 2.30. The fourth-order valence-electron chi connectivity index (χ4n) is 1.83. The fourth-order valence-corrected chi connectivity index (χ4v) is 1.83. The SMILES string of the molecule is N#CCc1ccc(F)c(-c2ccc(C(F)(F)F)cc2)c1. The molecule has 0 atom stereocenters. The first-order chi connectivity index (χ1) is 9.41. The maximum atomic E-state index is 13.7. The van der Waals surface area contributed by atoms with E-state index in [-0.39, 0.29) is 12.0 Å². The number of nitrogens with zero attached hydrogens (tertiary/aromatic N) is 1. The fraction of sp³-hybridized carbons (Fsp3) is 0.133. The van der Waals surface area contributed by atoms with E-state index in [4.69, 9.17) is 5.26 Å². The van der Waals surface area contributed by atoms with E-state index < -0.39 is 17.6 Å². The molecule has 5 heteroatoms. The van der Waals surface area contributed by atoms with E-state index in [1.165, 1.54) is 30.3 Å². The van der Waals surface area contributed by atoms with Crippen molar-refractivity contribution in [2.75, 3.05) is 0 Å². The summed E-state index contributed by atoms with van der Waals surface area (Å²) in [5.41, 5.74) is 0.361. The van der Waals surface area contributed by atoms with Crippen LogP contribution in [-0.4, -0.2) is 0 Å². The van der Waals surface area contributed by atoms with Crippen molar-refractivity contribution in [3.63, 3.8) is 0 Å². The number of nitriles is 1. The van der Waals surface area contributed by atoms with Crippen LogP contribution in [0.15, 0.2) is 42.5 Å². The molecule has 102 valence electrons. The lowest BCUT2D eigenvalue weighted by Gasteiger charge is -2.09. The second-order valence-corrected chi connectivity index (χ2v) is 4.22. The van der Waals surface area contributed by atoms with Gasteiger partial charge in [-0.05, 0) is 35.4 Å². The highest BCUT2D eigenvalue weighted by Crippen LogP contribution is 2.31. The Kier molecular flexibility index (Phi) is 3.75. The molecule has 0 amide bonds. The monoisotopic (exact) mass is 279 g/mol. The number of alkyl halides is 3. The Morgan fingerprint density at radius 3 is 2.20 bits per heavy atom. The van der Waals surface area contributed by atoms with Crippen LogP contribution in [0.1, 0.15) is 11.1 Å². The molecule has 0 N–H and O–H groups in total. The van der Waals surface area contributed by atoms with Gasteiger partial charge < -0.3 is 0 Å². The molecule has 1 nitrogen and oxygen atoms in total. The van der Waals surface area contributed by atoms with E-state index >= 15 is 0 Å². The average molecular weight is 279 g/mol. The standard InChI is InChI=1S/C15H9F4N/c16-14-6-1-10(7-8-20)9-13(14)11-2-4-12(5-3-11)15(17,18)19/h1-6,9H,7H2. The van der Waals surface area contributed by atoms with Gasteiger partial charge in [0.25, 0.3) is 0 Å². The smallest absolute Gasteiger partial charge is 0.206 e. The molecule has 0 spiro atoms. The summed E-state index contributed by atoms with van der Waals surface area (Å²) in [6, 6.07) is 10.4. The molecule has 2 aromatic rings. The number of rotatable bonds is 2. The van der Waals surface area contributed by atoms with Crippen molar-refractivity contribution in [2.45, 2.75) is 12.6 Å². The van der Waals surface area contributed by atoms with Crippen LogP contribution in [0.25, 0.3) is 11.1 Å². The van der Waals surface area contributed by atoms with Gasteiger partial charge in [-0.3, -0.25) is 0 Å². The zero-order valence-corrected chi connectivity index (χ0v) is 10.2. The molecular weight excluding hydrogens is 270 g/mol. The Morgan fingerprint density at radius 2 is 1.65 bits per heavy atom. The Morgan fingerprint density at radius 1 is 1.00 bits per heavy atom. The van der Waals surface area contributed by atoms with Gasteiger partial charge in [0.15, 0.2) is 0 Å². The predicted molar refractivity (Wildman–Crippen MR) is 66.2 cm³/mol. The summed E-state index contributed by atoms with van der Waals surface area (Å²) in [4.78, 5) is 0. The number of hydrogen-bond donors (Lipinski definition) is 0. The summed E-state index contributed by atoms with van der Waals surface area (Å²) >= 11 is 0. The van der Waals surface area contributed by atoms with Crippen molar-refractivity contribution in [3.8, 4) is 17.2 Å². The van der Waals surface area contributed by atoms with E-state index in [0.29, 0.717) is 11.1 Å². The minimum atomic E-state index is -4.42. The zero-order valence-electron chi connectivity index (χ0n) is 10.2. The van der Waals surface area contributed by atoms with Crippen molar-refractivity contribution in [2.24, 2.45) is 0 Å². The lowest BCUT2D eigenvalue weighted by Crippen LogP contribution is -2.04. The van der Waals surface area contributed by atoms with Crippen molar-refractivity contribution < 1.29 is 17.6 Å². The summed E-state index contributed by atoms with van der Waals surface area (Å²) in [6.07, 6.45) is -4.30. The lowest BCUT2D eigenvalue weighted by atomic mass is 10.00. The first-order valence-electron chi connectivity index (χ1n) is 5.75. The Hall–Kier alpha value is -2.35. The van der Waals surface area contributed by atoms with Crippen LogP contribution in [0.4, 0.5) is 17.6 Å². The van der Waals surface area contributed by atoms with Crippen LogP contribution < -0.4 is 0 Å². The normalized spacial score (nSPS) is 11.2. The highest BCUT2D eigenvalue weighted by molar-refractivity contribution is 5.65. The molecule has 0 fully saturated rings. The van der Waals surface area contributed by atoms with Crippen LogP contribution in [0.2, 0.25) is 0 Å². The topological polar surface area (TPSA) is 23.8 Å². The highest BCUT2D eigenvalue weighted by atomic mass is 19.4. The van der Waals surface area contributed by atoms with E-state index in [1.54, 1.807) is 0 Å². The third-order valence-electron chi connectivity index (χ3n) is 2.84. The molecule has 0 saturated carbocycles. The predicted octanol–water partition coefficient (Wildman–Crippen LogP) is 4.58. The maximum absolute atomic E-state index is 13.7. The second kappa shape index (κ2) is 5.33. The third-order valence-corrected chi connectivity index (χ3v) is 2.84. The average Bonchev–Trinajstić information content (AvgIpc) is 2.40. The van der Waals surface area contributed by atoms with Gasteiger partial charge in [-0.2, -0.15) is 18.4 Å². The Balaban J connectivity index is 2.41. The number of hydrogen-bond acceptors (Lipinski definition) is 1. The first kappa shape index (κ1) is 14.1. The Labute approximate surface area is 113 Å². The molecule has 2 aromatic carbocycles. The summed E-state index contributed by atoms with van der Waals surface area (Å²) < 4.78 is 51.1. The molecule has 0 aliphatic carbocycles. The van der Waals surface area contributed by atoms with Crippen molar-refractivity contribution >= 4 is 0 Å². The minimum Gasteiger partial charge on any atom is -0.206 e. The van der Waals surface area contributed by atoms with Crippen LogP contribution in [-0.2, 0) is 12.6 Å². The number of benzene rings is 2. The first-order valence-corrected chi connectivity index (χ1v) is 5.75. The summed E-state index contributed by atoms with van der Waals surface area (Å²) in [5, 5.41) is 8.61. The zero-order chi connectivity index (χ0) is 14.8. The molecule has 0 bridgehead atoms. The molecule has 20 heavy (non-hydrogen) atoms. The molecule has 0 heterocycles. The summed E-state index contributed by atoms with van der Waals surface area (Å²) in [7, 11) is 0. The van der Waals surface area contributed by atoms with E-state index in [0.717, 1.165) is 12.1 Å². The van der Waals surface area contributed by atoms with Gasteiger partial charge in [-0.15, -0.1) is 0 Å². The van der Waals surface area contributed by atoms with Crippen molar-refractivity contribution in [1.29, 1.82) is 5.26 Å². The van der Waals surface area contributed by atoms with Crippen LogP contribution in [0.5, 0.6) is 0 Å². The molecule has 0 aliphatic heterocycles. The third kappa shape index (κ3) is 2.97. The van der Waals surface area contributed by atoms with E-state index in [1.807, 2.05) is 6.07 Å². The summed E-state index contributed by atoms with van der Waals surface area (Å²) in [6.45, 7) is 0. The quantitative estimate of drug-likeness (QED) is 0.738. The van der Waals surface area contributed by atoms with Gasteiger partial charge in [0.1, 0.15) is 5.82 Å². The molecule has 0 aliphatic rings. The van der Waals surface area contributed by atoms with Gasteiger partial charge in [0.05, 0.1) is 18.1 Å². The molecule has 0 aromatic heterocycles. The number of halogens is 4. The largest absolute Gasteiger partial charge is 0.416 e. The molecule has 2 rings (SSSR count). The van der Waals surface area contributed by atoms with E-state index in [2.05, 4.69) is 0 Å². The van der Waals surface area contributed by atoms with Gasteiger partial charge in [-0.1, -0.05) is 18.2 Å². The van der Waals surface area contributed by atoms with Crippen LogP contribution in [0, 0.1) is 17.1 Å². The lowest BCUT2D eigenvalue weighted by molar-refractivity contribution is -0.137. The minimum absolute atomic E-state index is 0.119. The maximum Gasteiger partial charge on any atom is 0.416 e. The van der Waals surface area contributed by atoms with Gasteiger partial charge >= 0.3 is 6.18 Å². The van der Waals surface area contributed by atoms with Gasteiger partial charge in [0, 0.05) is 5.56 Å². The molecule has 0 saturated heterocycles. The molecule has 0 unspecified atom stereocenters. The van der Waals surface area contributed by atoms with E-state index in [9.17, 15) is 17.6 Å². The van der Waals surface area contributed by atoms with Gasteiger partial charge in [-0.25, -0.2) is 4.39 Å². The van der Waals surface area contributed by atoms with Crippen LogP contribution >= 0.6 is 0 Å².